The average molecular weight is 338 g/mol. The van der Waals surface area contributed by atoms with Gasteiger partial charge in [-0.1, -0.05) is 6.92 Å². The topological polar surface area (TPSA) is 181 Å². The maximum absolute atomic E-state index is 10.1. The van der Waals surface area contributed by atoms with Gasteiger partial charge in [-0.3, -0.25) is 0 Å². The Morgan fingerprint density at radius 3 is 1.74 bits per heavy atom. The molecule has 0 saturated carbocycles. The monoisotopic (exact) mass is 338 g/mol. The van der Waals surface area contributed by atoms with Crippen LogP contribution >= 0.6 is 0 Å². The van der Waals surface area contributed by atoms with Gasteiger partial charge < -0.3 is 51.2 Å². The molecule has 0 amide bonds. The van der Waals surface area contributed by atoms with Crippen LogP contribution in [0.3, 0.4) is 0 Å². The van der Waals surface area contributed by atoms with Gasteiger partial charge in [0.1, 0.15) is 30.5 Å². The zero-order valence-corrected chi connectivity index (χ0v) is 12.8. The highest BCUT2D eigenvalue weighted by Gasteiger charge is 2.48. The van der Waals surface area contributed by atoms with Crippen LogP contribution in [-0.2, 0) is 14.2 Å². The second kappa shape index (κ2) is 7.66. The zero-order valence-electron chi connectivity index (χ0n) is 12.8. The molecule has 2 aliphatic rings. The number of ether oxygens (including phenoxy) is 3. The molecule has 136 valence electrons. The van der Waals surface area contributed by atoms with Crippen molar-refractivity contribution in [1.29, 1.82) is 0 Å². The Morgan fingerprint density at radius 2 is 1.22 bits per heavy atom. The molecule has 0 bridgehead atoms. The molecule has 10 atom stereocenters. The molecule has 23 heavy (non-hydrogen) atoms. The van der Waals surface area contributed by atoms with Gasteiger partial charge in [-0.15, -0.1) is 0 Å². The lowest BCUT2D eigenvalue weighted by molar-refractivity contribution is -0.368. The number of hydrogen-bond donors (Lipinski definition) is 7. The fourth-order valence-electron chi connectivity index (χ4n) is 2.81. The number of aliphatic hydroxyl groups excluding tert-OH is 5. The third kappa shape index (κ3) is 3.66. The lowest BCUT2D eigenvalue weighted by Crippen LogP contribution is -2.63. The fourth-order valence-corrected chi connectivity index (χ4v) is 2.81. The smallest absolute Gasteiger partial charge is 0.189 e. The van der Waals surface area contributed by atoms with Crippen molar-refractivity contribution in [1.82, 2.24) is 0 Å². The lowest BCUT2D eigenvalue weighted by Gasteiger charge is -2.45. The Morgan fingerprint density at radius 1 is 0.739 bits per heavy atom. The molecular formula is C13H26N2O8. The van der Waals surface area contributed by atoms with Crippen molar-refractivity contribution in [3.05, 3.63) is 0 Å². The molecule has 0 radical (unpaired) electrons. The van der Waals surface area contributed by atoms with Crippen molar-refractivity contribution in [2.24, 2.45) is 17.4 Å². The fraction of sp³-hybridized carbons (Fsp3) is 1.00. The van der Waals surface area contributed by atoms with E-state index >= 15 is 0 Å². The molecule has 0 aromatic carbocycles. The average Bonchev–Trinajstić information content (AvgIpc) is 2.55. The van der Waals surface area contributed by atoms with Crippen molar-refractivity contribution >= 4 is 0 Å². The molecule has 0 spiro atoms. The molecular weight excluding hydrogens is 312 g/mol. The predicted molar refractivity (Wildman–Crippen MR) is 75.7 cm³/mol. The molecule has 2 saturated heterocycles. The van der Waals surface area contributed by atoms with Gasteiger partial charge in [0.2, 0.25) is 0 Å². The molecule has 2 rings (SSSR count). The van der Waals surface area contributed by atoms with Gasteiger partial charge in [-0.2, -0.15) is 0 Å². The van der Waals surface area contributed by atoms with Crippen LogP contribution < -0.4 is 11.5 Å². The van der Waals surface area contributed by atoms with Crippen LogP contribution in [0.2, 0.25) is 0 Å². The predicted octanol–water partition coefficient (Wildman–Crippen LogP) is -4.19. The van der Waals surface area contributed by atoms with Gasteiger partial charge in [0.25, 0.3) is 0 Å². The summed E-state index contributed by atoms with van der Waals surface area (Å²) in [5.74, 6) is -0.406. The van der Waals surface area contributed by atoms with Crippen molar-refractivity contribution in [2.45, 2.75) is 62.2 Å². The Kier molecular flexibility index (Phi) is 6.30. The first-order chi connectivity index (χ1) is 10.8. The number of nitrogens with two attached hydrogens (primary N) is 2. The van der Waals surface area contributed by atoms with Crippen molar-refractivity contribution in [2.75, 3.05) is 13.1 Å². The standard InChI is InChI=1S/C13H26N2O8/c1-4-5(2-14)21-12(10(19)7(4)16)23-13-11(20)9(18)8(17)6(3-15)22-13/h4-13,16-20H,2-3,14-15H2,1H3/t4-,5?,6?,7+,8-,9+,10?,11?,12-,13-/m1/s1. The minimum absolute atomic E-state index is 0.103. The Bertz CT molecular complexity index is 351. The summed E-state index contributed by atoms with van der Waals surface area (Å²) in [5.41, 5.74) is 11.0. The molecule has 2 aliphatic heterocycles. The minimum Gasteiger partial charge on any atom is -0.390 e. The second-order valence-corrected chi connectivity index (χ2v) is 6.01. The SMILES string of the molecule is C[C@@H]1C(CN)O[C@H](O[C@H]2OC(CN)[C@@H](O)[C@H](O)C2O)C(O)[C@H]1O. The highest BCUT2D eigenvalue weighted by molar-refractivity contribution is 4.91. The highest BCUT2D eigenvalue weighted by Crippen LogP contribution is 2.29. The van der Waals surface area contributed by atoms with Gasteiger partial charge in [0.05, 0.1) is 12.2 Å². The normalized spacial score (nSPS) is 51.7. The Balaban J connectivity index is 2.07. The first kappa shape index (κ1) is 18.9. The lowest BCUT2D eigenvalue weighted by atomic mass is 9.90. The van der Waals surface area contributed by atoms with E-state index in [1.165, 1.54) is 0 Å². The zero-order chi connectivity index (χ0) is 17.3. The van der Waals surface area contributed by atoms with E-state index in [1.807, 2.05) is 0 Å². The van der Waals surface area contributed by atoms with Gasteiger partial charge in [-0.25, -0.2) is 0 Å². The van der Waals surface area contributed by atoms with E-state index < -0.39 is 61.2 Å². The van der Waals surface area contributed by atoms with E-state index in [0.29, 0.717) is 0 Å². The summed E-state index contributed by atoms with van der Waals surface area (Å²) in [7, 11) is 0. The largest absolute Gasteiger partial charge is 0.390 e. The summed E-state index contributed by atoms with van der Waals surface area (Å²) in [6.07, 6.45) is -11.2. The van der Waals surface area contributed by atoms with E-state index in [2.05, 4.69) is 0 Å². The number of rotatable bonds is 4. The quantitative estimate of drug-likeness (QED) is 0.265. The number of aliphatic hydroxyl groups is 5. The first-order valence-corrected chi connectivity index (χ1v) is 7.58. The summed E-state index contributed by atoms with van der Waals surface area (Å²) in [6.45, 7) is 1.67. The van der Waals surface area contributed by atoms with Crippen LogP contribution in [0.5, 0.6) is 0 Å². The molecule has 0 aromatic heterocycles. The van der Waals surface area contributed by atoms with Crippen LogP contribution in [0.4, 0.5) is 0 Å². The van der Waals surface area contributed by atoms with E-state index in [1.54, 1.807) is 6.92 Å². The number of hydrogen-bond acceptors (Lipinski definition) is 10. The van der Waals surface area contributed by atoms with Crippen molar-refractivity contribution < 1.29 is 39.7 Å². The molecule has 2 fully saturated rings. The van der Waals surface area contributed by atoms with E-state index in [4.69, 9.17) is 25.7 Å². The third-order valence-electron chi connectivity index (χ3n) is 4.46. The van der Waals surface area contributed by atoms with Crippen LogP contribution in [-0.4, -0.2) is 93.9 Å². The van der Waals surface area contributed by atoms with Crippen molar-refractivity contribution in [3.8, 4) is 0 Å². The van der Waals surface area contributed by atoms with Crippen LogP contribution in [0.1, 0.15) is 6.92 Å². The molecule has 10 heteroatoms. The molecule has 10 nitrogen and oxygen atoms in total. The Labute approximate surface area is 133 Å². The van der Waals surface area contributed by atoms with Gasteiger partial charge in [-0.05, 0) is 0 Å². The van der Waals surface area contributed by atoms with Gasteiger partial charge >= 0.3 is 0 Å². The van der Waals surface area contributed by atoms with Gasteiger partial charge in [0, 0.05) is 19.0 Å². The summed E-state index contributed by atoms with van der Waals surface area (Å²) >= 11 is 0. The van der Waals surface area contributed by atoms with Crippen LogP contribution in [0.15, 0.2) is 0 Å². The highest BCUT2D eigenvalue weighted by atomic mass is 16.8. The second-order valence-electron chi connectivity index (χ2n) is 6.01. The summed E-state index contributed by atoms with van der Waals surface area (Å²) in [6, 6.07) is 0. The molecule has 2 heterocycles. The third-order valence-corrected chi connectivity index (χ3v) is 4.46. The molecule has 0 aliphatic carbocycles. The summed E-state index contributed by atoms with van der Waals surface area (Å²) < 4.78 is 16.2. The van der Waals surface area contributed by atoms with E-state index in [-0.39, 0.29) is 13.1 Å². The van der Waals surface area contributed by atoms with E-state index in [9.17, 15) is 25.5 Å². The maximum Gasteiger partial charge on any atom is 0.189 e. The molecule has 9 N–H and O–H groups in total. The van der Waals surface area contributed by atoms with Crippen LogP contribution in [0.25, 0.3) is 0 Å². The molecule has 4 unspecified atom stereocenters. The van der Waals surface area contributed by atoms with Crippen molar-refractivity contribution in [3.63, 3.8) is 0 Å². The Hall–Kier alpha value is -0.400. The minimum atomic E-state index is -1.57. The van der Waals surface area contributed by atoms with Crippen LogP contribution in [0, 0.1) is 5.92 Å². The molecule has 0 aromatic rings. The maximum atomic E-state index is 10.1. The summed E-state index contributed by atoms with van der Waals surface area (Å²) in [5, 5.41) is 49.6. The van der Waals surface area contributed by atoms with E-state index in [0.717, 1.165) is 0 Å². The summed E-state index contributed by atoms with van der Waals surface area (Å²) in [4.78, 5) is 0. The first-order valence-electron chi connectivity index (χ1n) is 7.58. The van der Waals surface area contributed by atoms with Gasteiger partial charge in [0.15, 0.2) is 12.6 Å².